The van der Waals surface area contributed by atoms with E-state index in [1.54, 1.807) is 6.92 Å². The number of ether oxygens (including phenoxy) is 2. The van der Waals surface area contributed by atoms with Gasteiger partial charge >= 0.3 is 0 Å². The van der Waals surface area contributed by atoms with Crippen LogP contribution in [0.5, 0.6) is 11.5 Å². The molecule has 0 radical (unpaired) electrons. The molecule has 1 N–H and O–H groups in total. The van der Waals surface area contributed by atoms with Crippen molar-refractivity contribution >= 4 is 5.78 Å². The highest BCUT2D eigenvalue weighted by molar-refractivity contribution is 5.75. The molecule has 2 aromatic rings. The van der Waals surface area contributed by atoms with Gasteiger partial charge in [0.1, 0.15) is 30.0 Å². The van der Waals surface area contributed by atoms with Gasteiger partial charge in [-0.25, -0.2) is 0 Å². The lowest BCUT2D eigenvalue weighted by molar-refractivity contribution is -0.116. The molecular formula is C26H34N2O4. The van der Waals surface area contributed by atoms with Crippen LogP contribution in [0.25, 0.3) is 0 Å². The first kappa shape index (κ1) is 22.8. The Labute approximate surface area is 190 Å². The molecule has 1 atom stereocenters. The number of fused-ring (bicyclic) bond motifs is 1. The largest absolute Gasteiger partial charge is 0.493 e. The summed E-state index contributed by atoms with van der Waals surface area (Å²) in [6, 6.07) is 14.3. The highest BCUT2D eigenvalue weighted by Gasteiger charge is 2.20. The van der Waals surface area contributed by atoms with E-state index in [0.717, 1.165) is 69.2 Å². The first-order valence-electron chi connectivity index (χ1n) is 11.6. The first-order chi connectivity index (χ1) is 15.5. The third-order valence-corrected chi connectivity index (χ3v) is 6.23. The minimum Gasteiger partial charge on any atom is -0.493 e. The SMILES string of the molecule is CC(=O)CCc1ccc(OCC(O)CN2CCN(Cc3ccc4c(c3)CCO4)CC2)cc1. The standard InChI is InChI=1S/C26H34N2O4/c1-20(29)2-3-21-4-7-25(8-5-21)32-19-24(30)18-28-13-11-27(12-14-28)17-22-6-9-26-23(16-22)10-15-31-26/h4-9,16,24,30H,2-3,10-15,17-19H2,1H3. The molecule has 172 valence electrons. The third kappa shape index (κ3) is 6.55. The van der Waals surface area contributed by atoms with Crippen molar-refractivity contribution in [2.24, 2.45) is 0 Å². The summed E-state index contributed by atoms with van der Waals surface area (Å²) in [4.78, 5) is 15.9. The van der Waals surface area contributed by atoms with Crippen LogP contribution in [0.3, 0.4) is 0 Å². The van der Waals surface area contributed by atoms with Crippen molar-refractivity contribution in [3.63, 3.8) is 0 Å². The first-order valence-corrected chi connectivity index (χ1v) is 11.6. The predicted octanol–water partition coefficient (Wildman–Crippen LogP) is 2.70. The zero-order valence-corrected chi connectivity index (χ0v) is 19.0. The molecule has 32 heavy (non-hydrogen) atoms. The Hall–Kier alpha value is -2.41. The summed E-state index contributed by atoms with van der Waals surface area (Å²) in [5, 5.41) is 10.4. The van der Waals surface area contributed by atoms with Crippen LogP contribution in [0.2, 0.25) is 0 Å². The highest BCUT2D eigenvalue weighted by atomic mass is 16.5. The number of piperazine rings is 1. The van der Waals surface area contributed by atoms with Crippen LogP contribution in [0, 0.1) is 0 Å². The van der Waals surface area contributed by atoms with E-state index in [2.05, 4.69) is 28.0 Å². The molecule has 1 unspecified atom stereocenters. The van der Waals surface area contributed by atoms with Crippen molar-refractivity contribution in [3.05, 3.63) is 59.2 Å². The number of carbonyl (C=O) groups excluding carboxylic acids is 1. The Morgan fingerprint density at radius 2 is 1.78 bits per heavy atom. The maximum atomic E-state index is 11.1. The van der Waals surface area contributed by atoms with Gasteiger partial charge in [-0.2, -0.15) is 0 Å². The van der Waals surface area contributed by atoms with E-state index in [9.17, 15) is 9.90 Å². The molecule has 2 aliphatic rings. The van der Waals surface area contributed by atoms with E-state index in [0.29, 0.717) is 13.0 Å². The Morgan fingerprint density at radius 3 is 2.53 bits per heavy atom. The zero-order chi connectivity index (χ0) is 22.3. The van der Waals surface area contributed by atoms with Gasteiger partial charge in [0, 0.05) is 52.1 Å². The molecule has 0 amide bonds. The van der Waals surface area contributed by atoms with Crippen molar-refractivity contribution in [2.75, 3.05) is 45.9 Å². The molecule has 2 heterocycles. The Morgan fingerprint density at radius 1 is 1.06 bits per heavy atom. The Kier molecular flexibility index (Phi) is 7.79. The van der Waals surface area contributed by atoms with Crippen LogP contribution < -0.4 is 9.47 Å². The maximum Gasteiger partial charge on any atom is 0.130 e. The summed E-state index contributed by atoms with van der Waals surface area (Å²) >= 11 is 0. The fraction of sp³-hybridized carbons (Fsp3) is 0.500. The van der Waals surface area contributed by atoms with Gasteiger partial charge in [-0.1, -0.05) is 24.3 Å². The van der Waals surface area contributed by atoms with Gasteiger partial charge in [-0.15, -0.1) is 0 Å². The molecule has 0 aliphatic carbocycles. The lowest BCUT2D eigenvalue weighted by Crippen LogP contribution is -2.48. The number of aliphatic hydroxyl groups excluding tert-OH is 1. The summed E-state index contributed by atoms with van der Waals surface area (Å²) in [6.45, 7) is 8.20. The van der Waals surface area contributed by atoms with Crippen molar-refractivity contribution in [2.45, 2.75) is 38.8 Å². The summed E-state index contributed by atoms with van der Waals surface area (Å²) in [5.41, 5.74) is 3.80. The zero-order valence-electron chi connectivity index (χ0n) is 19.0. The third-order valence-electron chi connectivity index (χ3n) is 6.23. The molecule has 2 aliphatic heterocycles. The van der Waals surface area contributed by atoms with Crippen molar-refractivity contribution in [3.8, 4) is 11.5 Å². The minimum absolute atomic E-state index is 0.201. The lowest BCUT2D eigenvalue weighted by atomic mass is 10.1. The second-order valence-corrected chi connectivity index (χ2v) is 8.93. The number of hydrogen-bond acceptors (Lipinski definition) is 6. The van der Waals surface area contributed by atoms with E-state index < -0.39 is 6.10 Å². The van der Waals surface area contributed by atoms with Gasteiger partial charge in [0.25, 0.3) is 0 Å². The van der Waals surface area contributed by atoms with Crippen LogP contribution in [-0.2, 0) is 24.2 Å². The molecule has 1 saturated heterocycles. The Bertz CT molecular complexity index is 891. The van der Waals surface area contributed by atoms with Crippen molar-refractivity contribution < 1.29 is 19.4 Å². The van der Waals surface area contributed by atoms with Crippen LogP contribution in [0.4, 0.5) is 0 Å². The molecule has 4 rings (SSSR count). The summed E-state index contributed by atoms with van der Waals surface area (Å²) < 4.78 is 11.4. The van der Waals surface area contributed by atoms with E-state index in [-0.39, 0.29) is 12.4 Å². The second kappa shape index (κ2) is 10.9. The van der Waals surface area contributed by atoms with Crippen LogP contribution in [0.1, 0.15) is 30.0 Å². The molecule has 0 aromatic heterocycles. The summed E-state index contributed by atoms with van der Waals surface area (Å²) in [6.07, 6.45) is 1.82. The van der Waals surface area contributed by atoms with Gasteiger partial charge < -0.3 is 19.4 Å². The quantitative estimate of drug-likeness (QED) is 0.616. The maximum absolute atomic E-state index is 11.1. The predicted molar refractivity (Wildman–Crippen MR) is 124 cm³/mol. The highest BCUT2D eigenvalue weighted by Crippen LogP contribution is 2.26. The van der Waals surface area contributed by atoms with Gasteiger partial charge in [0.2, 0.25) is 0 Å². The number of Topliss-reactive ketones (excluding diaryl/α,β-unsaturated/α-hetero) is 1. The lowest BCUT2D eigenvalue weighted by Gasteiger charge is -2.35. The van der Waals surface area contributed by atoms with Gasteiger partial charge in [0.15, 0.2) is 0 Å². The normalized spacial score (nSPS) is 17.6. The average molecular weight is 439 g/mol. The molecule has 0 saturated carbocycles. The number of rotatable bonds is 10. The molecule has 1 fully saturated rings. The number of β-amino-alcohol motifs (C(OH)–C–C–N with tert-alkyl or cyclic N) is 1. The fourth-order valence-corrected chi connectivity index (χ4v) is 4.34. The van der Waals surface area contributed by atoms with E-state index in [1.807, 2.05) is 24.3 Å². The summed E-state index contributed by atoms with van der Waals surface area (Å²) in [5.74, 6) is 1.99. The molecule has 6 nitrogen and oxygen atoms in total. The van der Waals surface area contributed by atoms with Crippen LogP contribution >= 0.6 is 0 Å². The Balaban J connectivity index is 1.14. The topological polar surface area (TPSA) is 62.2 Å². The number of aryl methyl sites for hydroxylation is 1. The van der Waals surface area contributed by atoms with Crippen LogP contribution in [0.15, 0.2) is 42.5 Å². The number of hydrogen-bond donors (Lipinski definition) is 1. The van der Waals surface area contributed by atoms with Crippen molar-refractivity contribution in [1.82, 2.24) is 9.80 Å². The van der Waals surface area contributed by atoms with Crippen molar-refractivity contribution in [1.29, 1.82) is 0 Å². The molecular weight excluding hydrogens is 404 g/mol. The van der Waals surface area contributed by atoms with Gasteiger partial charge in [0.05, 0.1) is 6.61 Å². The van der Waals surface area contributed by atoms with E-state index in [1.165, 1.54) is 11.1 Å². The molecule has 2 aromatic carbocycles. The monoisotopic (exact) mass is 438 g/mol. The summed E-state index contributed by atoms with van der Waals surface area (Å²) in [7, 11) is 0. The smallest absolute Gasteiger partial charge is 0.130 e. The fourth-order valence-electron chi connectivity index (χ4n) is 4.34. The number of aliphatic hydroxyl groups is 1. The molecule has 0 spiro atoms. The van der Waals surface area contributed by atoms with Gasteiger partial charge in [-0.05, 0) is 48.2 Å². The number of carbonyl (C=O) groups is 1. The molecule has 6 heteroatoms. The number of nitrogens with zero attached hydrogens (tertiary/aromatic N) is 2. The van der Waals surface area contributed by atoms with E-state index >= 15 is 0 Å². The molecule has 0 bridgehead atoms. The van der Waals surface area contributed by atoms with E-state index in [4.69, 9.17) is 9.47 Å². The number of ketones is 1. The second-order valence-electron chi connectivity index (χ2n) is 8.93. The van der Waals surface area contributed by atoms with Gasteiger partial charge in [-0.3, -0.25) is 9.80 Å². The minimum atomic E-state index is -0.518. The number of benzene rings is 2. The van der Waals surface area contributed by atoms with Crippen LogP contribution in [-0.4, -0.2) is 72.7 Å². The average Bonchev–Trinajstić information content (AvgIpc) is 3.26.